The Morgan fingerprint density at radius 1 is 1.21 bits per heavy atom. The van der Waals surface area contributed by atoms with Gasteiger partial charge in [-0.15, -0.1) is 0 Å². The van der Waals surface area contributed by atoms with E-state index in [-0.39, 0.29) is 18.0 Å². The second-order valence-electron chi connectivity index (χ2n) is 7.48. The Kier molecular flexibility index (Phi) is 10.5. The van der Waals surface area contributed by atoms with Gasteiger partial charge >= 0.3 is 0 Å². The SMILES string of the molecule is CCNC(=NCc1ccccc1S(=O)(=O)N(C)C)NCC(CCO)CC(C)C. The second kappa shape index (κ2) is 12.0. The molecular formula is C20H36N4O3S. The highest BCUT2D eigenvalue weighted by Gasteiger charge is 2.20. The van der Waals surface area contributed by atoms with Crippen LogP contribution in [-0.4, -0.2) is 57.6 Å². The molecule has 3 N–H and O–H groups in total. The van der Waals surface area contributed by atoms with E-state index >= 15 is 0 Å². The number of sulfonamides is 1. The maximum Gasteiger partial charge on any atom is 0.242 e. The lowest BCUT2D eigenvalue weighted by Gasteiger charge is -2.20. The van der Waals surface area contributed by atoms with Gasteiger partial charge in [0, 0.05) is 33.8 Å². The lowest BCUT2D eigenvalue weighted by molar-refractivity contribution is 0.243. The quantitative estimate of drug-likeness (QED) is 0.382. The summed E-state index contributed by atoms with van der Waals surface area (Å²) in [5.41, 5.74) is 0.655. The number of rotatable bonds is 11. The monoisotopic (exact) mass is 412 g/mol. The second-order valence-corrected chi connectivity index (χ2v) is 9.60. The van der Waals surface area contributed by atoms with Gasteiger partial charge in [-0.05, 0) is 43.2 Å². The molecule has 0 spiro atoms. The van der Waals surface area contributed by atoms with Crippen LogP contribution in [-0.2, 0) is 16.6 Å². The largest absolute Gasteiger partial charge is 0.396 e. The minimum atomic E-state index is -3.52. The van der Waals surface area contributed by atoms with E-state index in [1.54, 1.807) is 18.2 Å². The van der Waals surface area contributed by atoms with Gasteiger partial charge in [0.25, 0.3) is 0 Å². The summed E-state index contributed by atoms with van der Waals surface area (Å²) >= 11 is 0. The van der Waals surface area contributed by atoms with Gasteiger partial charge in [-0.1, -0.05) is 32.0 Å². The lowest BCUT2D eigenvalue weighted by Crippen LogP contribution is -2.40. The number of nitrogens with zero attached hydrogens (tertiary/aromatic N) is 2. The van der Waals surface area contributed by atoms with Crippen LogP contribution in [0.3, 0.4) is 0 Å². The zero-order valence-corrected chi connectivity index (χ0v) is 18.6. The Balaban J connectivity index is 2.94. The van der Waals surface area contributed by atoms with Crippen LogP contribution in [0.15, 0.2) is 34.2 Å². The van der Waals surface area contributed by atoms with Gasteiger partial charge in [0.05, 0.1) is 11.4 Å². The molecule has 0 aliphatic carbocycles. The van der Waals surface area contributed by atoms with E-state index in [0.29, 0.717) is 36.4 Å². The maximum atomic E-state index is 12.5. The third-order valence-electron chi connectivity index (χ3n) is 4.38. The van der Waals surface area contributed by atoms with E-state index in [0.717, 1.165) is 12.8 Å². The summed E-state index contributed by atoms with van der Waals surface area (Å²) < 4.78 is 26.3. The average Bonchev–Trinajstić information content (AvgIpc) is 2.63. The summed E-state index contributed by atoms with van der Waals surface area (Å²) in [6.45, 7) is 8.18. The standard InChI is InChI=1S/C20H36N4O3S/c1-6-21-20(22-14-17(11-12-25)13-16(2)3)23-15-18-9-7-8-10-19(18)28(26,27)24(4)5/h7-10,16-17,25H,6,11-15H2,1-5H3,(H2,21,22,23). The van der Waals surface area contributed by atoms with E-state index in [4.69, 9.17) is 0 Å². The molecule has 8 heteroatoms. The molecule has 1 unspecified atom stereocenters. The Morgan fingerprint density at radius 3 is 2.46 bits per heavy atom. The van der Waals surface area contributed by atoms with Crippen LogP contribution in [0, 0.1) is 11.8 Å². The average molecular weight is 413 g/mol. The number of aliphatic imine (C=N–C) groups is 1. The first-order chi connectivity index (χ1) is 13.2. The fourth-order valence-electron chi connectivity index (χ4n) is 2.98. The molecule has 0 aliphatic heterocycles. The summed E-state index contributed by atoms with van der Waals surface area (Å²) in [5, 5.41) is 15.8. The molecule has 28 heavy (non-hydrogen) atoms. The van der Waals surface area contributed by atoms with Crippen molar-refractivity contribution in [3.63, 3.8) is 0 Å². The normalized spacial score (nSPS) is 13.8. The van der Waals surface area contributed by atoms with E-state index in [2.05, 4.69) is 29.5 Å². The van der Waals surface area contributed by atoms with E-state index in [9.17, 15) is 13.5 Å². The number of benzene rings is 1. The molecule has 7 nitrogen and oxygen atoms in total. The molecule has 0 amide bonds. The van der Waals surface area contributed by atoms with Crippen molar-refractivity contribution < 1.29 is 13.5 Å². The molecule has 0 saturated heterocycles. The van der Waals surface area contributed by atoms with E-state index in [1.165, 1.54) is 18.4 Å². The van der Waals surface area contributed by atoms with Crippen LogP contribution in [0.25, 0.3) is 0 Å². The summed E-state index contributed by atoms with van der Waals surface area (Å²) in [5.74, 6) is 1.56. The Morgan fingerprint density at radius 2 is 1.89 bits per heavy atom. The molecule has 0 aliphatic rings. The van der Waals surface area contributed by atoms with E-state index in [1.807, 2.05) is 13.0 Å². The zero-order valence-electron chi connectivity index (χ0n) is 17.8. The summed E-state index contributed by atoms with van der Waals surface area (Å²) in [6.07, 6.45) is 1.77. The fourth-order valence-corrected chi connectivity index (χ4v) is 4.09. The predicted molar refractivity (Wildman–Crippen MR) is 115 cm³/mol. The number of hydrogen-bond donors (Lipinski definition) is 3. The first kappa shape index (κ1) is 24.4. The third kappa shape index (κ3) is 7.77. The number of hydrogen-bond acceptors (Lipinski definition) is 4. The maximum absolute atomic E-state index is 12.5. The van der Waals surface area contributed by atoms with Crippen LogP contribution >= 0.6 is 0 Å². The Labute approximate surface area is 170 Å². The van der Waals surface area contributed by atoms with Crippen molar-refractivity contribution >= 4 is 16.0 Å². The van der Waals surface area contributed by atoms with Gasteiger partial charge in [-0.3, -0.25) is 0 Å². The zero-order chi connectivity index (χ0) is 21.2. The molecule has 0 radical (unpaired) electrons. The Bertz CT molecular complexity index is 718. The summed E-state index contributed by atoms with van der Waals surface area (Å²) in [4.78, 5) is 4.85. The molecule has 1 aromatic carbocycles. The number of guanidine groups is 1. The molecule has 0 fully saturated rings. The number of aliphatic hydroxyl groups excluding tert-OH is 1. The molecule has 0 heterocycles. The molecule has 0 aromatic heterocycles. The van der Waals surface area contributed by atoms with Crippen LogP contribution in [0.1, 0.15) is 39.2 Å². The molecular weight excluding hydrogens is 376 g/mol. The highest BCUT2D eigenvalue weighted by atomic mass is 32.2. The van der Waals surface area contributed by atoms with Gasteiger partial charge in [0.15, 0.2) is 5.96 Å². The van der Waals surface area contributed by atoms with Crippen molar-refractivity contribution in [1.29, 1.82) is 0 Å². The molecule has 1 atom stereocenters. The summed E-state index contributed by atoms with van der Waals surface area (Å²) in [7, 11) is -0.469. The first-order valence-corrected chi connectivity index (χ1v) is 11.3. The predicted octanol–water partition coefficient (Wildman–Crippen LogP) is 2.04. The van der Waals surface area contributed by atoms with Crippen LogP contribution in [0.2, 0.25) is 0 Å². The molecule has 1 aromatic rings. The molecule has 1 rings (SSSR count). The number of aliphatic hydroxyl groups is 1. The van der Waals surface area contributed by atoms with E-state index < -0.39 is 10.0 Å². The molecule has 160 valence electrons. The first-order valence-electron chi connectivity index (χ1n) is 9.85. The van der Waals surface area contributed by atoms with Crippen molar-refractivity contribution in [3.05, 3.63) is 29.8 Å². The summed E-state index contributed by atoms with van der Waals surface area (Å²) in [6, 6.07) is 6.94. The highest BCUT2D eigenvalue weighted by Crippen LogP contribution is 2.19. The van der Waals surface area contributed by atoms with Crippen LogP contribution in [0.4, 0.5) is 0 Å². The minimum absolute atomic E-state index is 0.169. The topological polar surface area (TPSA) is 94.0 Å². The fraction of sp³-hybridized carbons (Fsp3) is 0.650. The van der Waals surface area contributed by atoms with Gasteiger partial charge < -0.3 is 15.7 Å². The van der Waals surface area contributed by atoms with Crippen molar-refractivity contribution in [1.82, 2.24) is 14.9 Å². The minimum Gasteiger partial charge on any atom is -0.396 e. The third-order valence-corrected chi connectivity index (χ3v) is 6.30. The number of nitrogens with one attached hydrogen (secondary N) is 2. The Hall–Kier alpha value is -1.64. The van der Waals surface area contributed by atoms with Crippen molar-refractivity contribution in [2.75, 3.05) is 33.8 Å². The van der Waals surface area contributed by atoms with Gasteiger partial charge in [0.1, 0.15) is 0 Å². The van der Waals surface area contributed by atoms with Crippen LogP contribution < -0.4 is 10.6 Å². The van der Waals surface area contributed by atoms with Crippen molar-refractivity contribution in [3.8, 4) is 0 Å². The lowest BCUT2D eigenvalue weighted by atomic mass is 9.94. The van der Waals surface area contributed by atoms with Crippen molar-refractivity contribution in [2.45, 2.75) is 45.1 Å². The highest BCUT2D eigenvalue weighted by molar-refractivity contribution is 7.89. The van der Waals surface area contributed by atoms with Crippen molar-refractivity contribution in [2.24, 2.45) is 16.8 Å². The van der Waals surface area contributed by atoms with Gasteiger partial charge in [-0.25, -0.2) is 17.7 Å². The smallest absolute Gasteiger partial charge is 0.242 e. The van der Waals surface area contributed by atoms with Gasteiger partial charge in [-0.2, -0.15) is 0 Å². The molecule has 0 saturated carbocycles. The van der Waals surface area contributed by atoms with Crippen LogP contribution in [0.5, 0.6) is 0 Å². The molecule has 0 bridgehead atoms. The van der Waals surface area contributed by atoms with Gasteiger partial charge in [0.2, 0.25) is 10.0 Å².